The van der Waals surface area contributed by atoms with Gasteiger partial charge in [0.15, 0.2) is 5.78 Å². The highest BCUT2D eigenvalue weighted by Gasteiger charge is 2.21. The minimum absolute atomic E-state index is 0.0550. The number of nitrogens with one attached hydrogen (secondary N) is 1. The number of aliphatic carboxylic acids is 3. The molecule has 4 N–H and O–H groups in total. The zero-order chi connectivity index (χ0) is 29.3. The van der Waals surface area contributed by atoms with Crippen LogP contribution >= 0.6 is 0 Å². The van der Waals surface area contributed by atoms with E-state index >= 15 is 0 Å². The predicted octanol–water partition coefficient (Wildman–Crippen LogP) is -0.854. The zero-order valence-electron chi connectivity index (χ0n) is 22.6. The van der Waals surface area contributed by atoms with Crippen molar-refractivity contribution >= 4 is 29.6 Å². The van der Waals surface area contributed by atoms with Crippen LogP contribution in [0.15, 0.2) is 48.1 Å². The van der Waals surface area contributed by atoms with Gasteiger partial charge < -0.3 is 20.6 Å². The summed E-state index contributed by atoms with van der Waals surface area (Å²) >= 11 is 0. The van der Waals surface area contributed by atoms with Gasteiger partial charge >= 0.3 is 17.9 Å². The number of rotatable bonds is 11. The third-order valence-electron chi connectivity index (χ3n) is 6.36. The first-order valence-electron chi connectivity index (χ1n) is 13.2. The van der Waals surface area contributed by atoms with Gasteiger partial charge in [-0.1, -0.05) is 42.5 Å². The summed E-state index contributed by atoms with van der Waals surface area (Å²) in [5.41, 5.74) is 0.494. The molecule has 2 aliphatic rings. The van der Waals surface area contributed by atoms with Crippen molar-refractivity contribution in [3.8, 4) is 0 Å². The maximum absolute atomic E-state index is 12.8. The first-order chi connectivity index (χ1) is 19.1. The van der Waals surface area contributed by atoms with E-state index in [1.54, 1.807) is 37.8 Å². The number of allylic oxidation sites excluding steroid dienone is 7. The number of carboxylic acid groups (broad SMARTS) is 3. The van der Waals surface area contributed by atoms with Crippen molar-refractivity contribution in [1.82, 2.24) is 24.9 Å². The SMILES string of the molecule is O=C(O)CN1CCN(CC(=O)O)CCN(CC(=O)NCC(=O)C2=C\C\C=C/C=C\C=C/2)CCN(CC(=O)O)CC1. The van der Waals surface area contributed by atoms with Gasteiger partial charge in [-0.3, -0.25) is 43.6 Å². The van der Waals surface area contributed by atoms with E-state index in [1.165, 1.54) is 0 Å². The smallest absolute Gasteiger partial charge is 0.317 e. The van der Waals surface area contributed by atoms with Gasteiger partial charge in [0, 0.05) is 57.9 Å². The molecule has 0 saturated carbocycles. The van der Waals surface area contributed by atoms with Crippen molar-refractivity contribution in [2.45, 2.75) is 6.42 Å². The molecule has 13 nitrogen and oxygen atoms in total. The van der Waals surface area contributed by atoms with Crippen LogP contribution in [0, 0.1) is 0 Å². The predicted molar refractivity (Wildman–Crippen MR) is 147 cm³/mol. The van der Waals surface area contributed by atoms with Gasteiger partial charge in [-0.25, -0.2) is 0 Å². The fraction of sp³-hybridized carbons (Fsp3) is 0.519. The Morgan fingerprint density at radius 3 is 1.50 bits per heavy atom. The Hall–Kier alpha value is -3.65. The fourth-order valence-corrected chi connectivity index (χ4v) is 4.24. The van der Waals surface area contributed by atoms with Gasteiger partial charge in [-0.15, -0.1) is 0 Å². The third-order valence-corrected chi connectivity index (χ3v) is 6.36. The van der Waals surface area contributed by atoms with Crippen LogP contribution in [-0.2, 0) is 24.0 Å². The highest BCUT2D eigenvalue weighted by molar-refractivity contribution is 6.01. The van der Waals surface area contributed by atoms with Gasteiger partial charge in [0.05, 0.1) is 32.7 Å². The lowest BCUT2D eigenvalue weighted by atomic mass is 10.1. The standard InChI is InChI=1S/C27H39N5O8/c33-23(22-7-5-3-1-2-4-6-8-22)17-28-24(34)18-29-9-11-30(19-25(35)36)13-15-32(21-27(39)40)16-14-31(12-10-29)20-26(37)38/h1-5,7-8H,6,9-21H2,(H,28,34)(H,35,36)(H,37,38)(H,39,40)/b3-1-,4-2-,7-5-,22-8+. The van der Waals surface area contributed by atoms with Gasteiger partial charge in [0.1, 0.15) is 0 Å². The third kappa shape index (κ3) is 13.9. The van der Waals surface area contributed by atoms with E-state index in [1.807, 2.05) is 24.3 Å². The molecule has 13 heteroatoms. The highest BCUT2D eigenvalue weighted by Crippen LogP contribution is 2.05. The molecule has 0 aromatic carbocycles. The van der Waals surface area contributed by atoms with Crippen molar-refractivity contribution in [3.63, 3.8) is 0 Å². The van der Waals surface area contributed by atoms with Gasteiger partial charge in [-0.2, -0.15) is 0 Å². The Morgan fingerprint density at radius 2 is 1.05 bits per heavy atom. The van der Waals surface area contributed by atoms with Crippen LogP contribution in [0.1, 0.15) is 6.42 Å². The summed E-state index contributed by atoms with van der Waals surface area (Å²) in [6.07, 6.45) is 13.3. The second-order valence-electron chi connectivity index (χ2n) is 9.55. The molecule has 1 amide bonds. The van der Waals surface area contributed by atoms with Crippen LogP contribution in [0.3, 0.4) is 0 Å². The quantitative estimate of drug-likeness (QED) is 0.247. The molecule has 1 fully saturated rings. The number of Topliss-reactive ketones (excluding diaryl/α,β-unsaturated/α-hetero) is 1. The molecule has 0 unspecified atom stereocenters. The Morgan fingerprint density at radius 1 is 0.625 bits per heavy atom. The van der Waals surface area contributed by atoms with Crippen LogP contribution in [-0.4, -0.2) is 150 Å². The maximum atomic E-state index is 12.8. The van der Waals surface area contributed by atoms with Crippen LogP contribution in [0.5, 0.6) is 0 Å². The fourth-order valence-electron chi connectivity index (χ4n) is 4.24. The largest absolute Gasteiger partial charge is 0.480 e. The molecule has 1 saturated heterocycles. The average Bonchev–Trinajstić information content (AvgIpc) is 3.02. The zero-order valence-corrected chi connectivity index (χ0v) is 22.6. The summed E-state index contributed by atoms with van der Waals surface area (Å²) in [6, 6.07) is 0. The van der Waals surface area contributed by atoms with E-state index < -0.39 is 17.9 Å². The Kier molecular flexibility index (Phi) is 14.5. The number of amides is 1. The molecule has 0 spiro atoms. The van der Waals surface area contributed by atoms with Crippen LogP contribution in [0.2, 0.25) is 0 Å². The van der Waals surface area contributed by atoms with Crippen molar-refractivity contribution < 1.29 is 39.3 Å². The summed E-state index contributed by atoms with van der Waals surface area (Å²) < 4.78 is 0. The number of carboxylic acids is 3. The first-order valence-corrected chi connectivity index (χ1v) is 13.2. The summed E-state index contributed by atoms with van der Waals surface area (Å²) in [5, 5.41) is 30.6. The molecule has 1 heterocycles. The Labute approximate surface area is 233 Å². The van der Waals surface area contributed by atoms with Crippen LogP contribution < -0.4 is 5.32 Å². The molecular weight excluding hydrogens is 522 g/mol. The van der Waals surface area contributed by atoms with E-state index in [0.29, 0.717) is 64.4 Å². The van der Waals surface area contributed by atoms with Crippen molar-refractivity contribution in [2.75, 3.05) is 85.1 Å². The van der Waals surface area contributed by atoms with Crippen LogP contribution in [0.25, 0.3) is 0 Å². The maximum Gasteiger partial charge on any atom is 0.317 e. The highest BCUT2D eigenvalue weighted by atomic mass is 16.4. The Bertz CT molecular complexity index is 990. The summed E-state index contributed by atoms with van der Waals surface area (Å²) in [7, 11) is 0. The first kappa shape index (κ1) is 32.6. The minimum Gasteiger partial charge on any atom is -0.480 e. The average molecular weight is 562 g/mol. The van der Waals surface area contributed by atoms with E-state index in [0.717, 1.165) is 0 Å². The van der Waals surface area contributed by atoms with Crippen molar-refractivity contribution in [2.24, 2.45) is 0 Å². The lowest BCUT2D eigenvalue weighted by Gasteiger charge is -2.32. The second-order valence-corrected chi connectivity index (χ2v) is 9.55. The molecule has 2 rings (SSSR count). The molecule has 0 radical (unpaired) electrons. The number of hydrogen-bond donors (Lipinski definition) is 4. The van der Waals surface area contributed by atoms with E-state index in [-0.39, 0.29) is 44.4 Å². The lowest BCUT2D eigenvalue weighted by molar-refractivity contribution is -0.140. The summed E-state index contributed by atoms with van der Waals surface area (Å²) in [6.45, 7) is 1.45. The van der Waals surface area contributed by atoms with Crippen LogP contribution in [0.4, 0.5) is 0 Å². The van der Waals surface area contributed by atoms with E-state index in [4.69, 9.17) is 0 Å². The van der Waals surface area contributed by atoms with E-state index in [2.05, 4.69) is 5.32 Å². The molecule has 40 heavy (non-hydrogen) atoms. The molecule has 0 aromatic rings. The van der Waals surface area contributed by atoms with Gasteiger partial charge in [0.25, 0.3) is 0 Å². The Balaban J connectivity index is 2.06. The molecule has 1 aliphatic carbocycles. The molecule has 0 atom stereocenters. The summed E-state index contributed by atoms with van der Waals surface area (Å²) in [4.78, 5) is 66.4. The summed E-state index contributed by atoms with van der Waals surface area (Å²) in [5.74, 6) is -3.68. The van der Waals surface area contributed by atoms with Crippen molar-refractivity contribution in [3.05, 3.63) is 48.1 Å². The number of hydrogen-bond acceptors (Lipinski definition) is 9. The molecule has 1 aliphatic heterocycles. The minimum atomic E-state index is -1.02. The molecule has 0 aromatic heterocycles. The number of nitrogens with zero attached hydrogens (tertiary/aromatic N) is 4. The van der Waals surface area contributed by atoms with Gasteiger partial charge in [-0.05, 0) is 6.42 Å². The number of ketones is 1. The number of carbonyl (C=O) groups excluding carboxylic acids is 2. The molecule has 220 valence electrons. The van der Waals surface area contributed by atoms with Gasteiger partial charge in [0.2, 0.25) is 5.91 Å². The second kappa shape index (κ2) is 17.8. The topological polar surface area (TPSA) is 171 Å². The van der Waals surface area contributed by atoms with E-state index in [9.17, 15) is 39.3 Å². The lowest BCUT2D eigenvalue weighted by Crippen LogP contribution is -2.50. The monoisotopic (exact) mass is 561 g/mol. The molecular formula is C27H39N5O8. The normalized spacial score (nSPS) is 22.6. The number of carbonyl (C=O) groups is 5. The molecule has 0 bridgehead atoms. The van der Waals surface area contributed by atoms with Crippen molar-refractivity contribution in [1.29, 1.82) is 0 Å².